The van der Waals surface area contributed by atoms with Crippen LogP contribution >= 0.6 is 0 Å². The maximum absolute atomic E-state index is 12.9. The summed E-state index contributed by atoms with van der Waals surface area (Å²) in [4.78, 5) is 9.03. The number of benzene rings is 1. The molecule has 0 fully saturated rings. The van der Waals surface area contributed by atoms with Crippen LogP contribution in [0.4, 0.5) is 11.8 Å². The normalized spacial score (nSPS) is 12.2. The number of aromatic nitrogens is 4. The van der Waals surface area contributed by atoms with E-state index >= 15 is 0 Å². The van der Waals surface area contributed by atoms with Crippen LogP contribution in [0, 0.1) is 5.41 Å². The molecule has 0 radical (unpaired) electrons. The second-order valence-corrected chi connectivity index (χ2v) is 10.3. The van der Waals surface area contributed by atoms with E-state index in [1.807, 2.05) is 63.2 Å². The Morgan fingerprint density at radius 1 is 1.00 bits per heavy atom. The summed E-state index contributed by atoms with van der Waals surface area (Å²) in [6.45, 7) is 5.75. The lowest BCUT2D eigenvalue weighted by atomic mass is 10.0. The monoisotopic (exact) mass is 421 g/mol. The Morgan fingerprint density at radius 3 is 2.53 bits per heavy atom. The number of anilines is 2. The average molecular weight is 422 g/mol. The van der Waals surface area contributed by atoms with Crippen molar-refractivity contribution in [3.63, 3.8) is 0 Å². The molecule has 0 saturated carbocycles. The Labute approximate surface area is 175 Å². The van der Waals surface area contributed by atoms with Gasteiger partial charge in [0.25, 0.3) is 0 Å². The summed E-state index contributed by atoms with van der Waals surface area (Å²) < 4.78 is 27.4. The topological polar surface area (TPSA) is 89.2 Å². The van der Waals surface area contributed by atoms with Crippen LogP contribution in [0.25, 0.3) is 16.9 Å². The Hall–Kier alpha value is -3.26. The van der Waals surface area contributed by atoms with Gasteiger partial charge in [0.1, 0.15) is 5.82 Å². The predicted octanol–water partition coefficient (Wildman–Crippen LogP) is 4.35. The summed E-state index contributed by atoms with van der Waals surface area (Å²) in [6.07, 6.45) is 1.69. The molecule has 0 aliphatic rings. The summed E-state index contributed by atoms with van der Waals surface area (Å²) >= 11 is 0. The van der Waals surface area contributed by atoms with E-state index in [-0.39, 0.29) is 11.2 Å². The number of nitrogens with zero attached hydrogens (tertiary/aromatic N) is 4. The maximum atomic E-state index is 12.9. The third kappa shape index (κ3) is 4.33. The molecule has 1 aromatic carbocycles. The van der Waals surface area contributed by atoms with Gasteiger partial charge in [0.15, 0.2) is 15.5 Å². The zero-order valence-corrected chi connectivity index (χ0v) is 17.9. The Bertz CT molecular complexity index is 1290. The van der Waals surface area contributed by atoms with Gasteiger partial charge in [-0.15, -0.1) is 5.10 Å². The molecule has 0 atom stereocenters. The molecule has 0 spiro atoms. The molecule has 0 amide bonds. The van der Waals surface area contributed by atoms with Gasteiger partial charge in [-0.1, -0.05) is 45.0 Å². The predicted molar refractivity (Wildman–Crippen MR) is 117 cm³/mol. The molecular weight excluding hydrogens is 398 g/mol. The summed E-state index contributed by atoms with van der Waals surface area (Å²) in [5.74, 6) is 1.14. The molecule has 7 nitrogen and oxygen atoms in total. The van der Waals surface area contributed by atoms with E-state index in [4.69, 9.17) is 0 Å². The van der Waals surface area contributed by atoms with Crippen molar-refractivity contribution in [1.29, 1.82) is 0 Å². The summed E-state index contributed by atoms with van der Waals surface area (Å²) in [7, 11) is -3.40. The summed E-state index contributed by atoms with van der Waals surface area (Å²) in [6, 6.07) is 18.1. The fourth-order valence-corrected chi connectivity index (χ4v) is 5.13. The van der Waals surface area contributed by atoms with Crippen LogP contribution in [0.15, 0.2) is 71.8 Å². The fourth-order valence-electron chi connectivity index (χ4n) is 3.23. The lowest BCUT2D eigenvalue weighted by molar-refractivity contribution is 0.462. The van der Waals surface area contributed by atoms with Gasteiger partial charge in [-0.25, -0.2) is 17.9 Å². The van der Waals surface area contributed by atoms with Gasteiger partial charge in [0.05, 0.1) is 16.3 Å². The van der Waals surface area contributed by atoms with Crippen molar-refractivity contribution in [2.75, 3.05) is 11.1 Å². The molecule has 0 saturated heterocycles. The van der Waals surface area contributed by atoms with E-state index in [2.05, 4.69) is 20.4 Å². The molecule has 0 aliphatic carbocycles. The van der Waals surface area contributed by atoms with Crippen molar-refractivity contribution in [3.8, 4) is 11.3 Å². The van der Waals surface area contributed by atoms with Crippen LogP contribution in [0.3, 0.4) is 0 Å². The number of nitrogens with one attached hydrogen (secondary N) is 1. The van der Waals surface area contributed by atoms with Gasteiger partial charge >= 0.3 is 0 Å². The molecular formula is C22H23N5O2S. The van der Waals surface area contributed by atoms with Crippen molar-refractivity contribution < 1.29 is 8.42 Å². The van der Waals surface area contributed by atoms with Crippen LogP contribution in [0.5, 0.6) is 0 Å². The Morgan fingerprint density at radius 2 is 1.80 bits per heavy atom. The quantitative estimate of drug-likeness (QED) is 0.515. The Balaban J connectivity index is 1.73. The summed E-state index contributed by atoms with van der Waals surface area (Å²) in [5.41, 5.74) is 1.83. The van der Waals surface area contributed by atoms with E-state index in [0.29, 0.717) is 22.3 Å². The Kier molecular flexibility index (Phi) is 5.03. The standard InChI is InChI=1S/C22H23N5O2S/c1-22(2,3)15-30(28,29)17-9-6-8-16(14-17)18-10-7-12-20-25-21(26-27(18)20)24-19-11-4-5-13-23-19/h4-14H,15H2,1-3H3,(H,23,24,26). The number of hydrogen-bond donors (Lipinski definition) is 1. The van der Waals surface area contributed by atoms with E-state index in [0.717, 1.165) is 11.3 Å². The van der Waals surface area contributed by atoms with Crippen molar-refractivity contribution in [2.45, 2.75) is 25.7 Å². The highest BCUT2D eigenvalue weighted by molar-refractivity contribution is 7.91. The van der Waals surface area contributed by atoms with Crippen LogP contribution < -0.4 is 5.32 Å². The van der Waals surface area contributed by atoms with Gasteiger partial charge in [-0.2, -0.15) is 4.98 Å². The molecule has 0 unspecified atom stereocenters. The van der Waals surface area contributed by atoms with Crippen LogP contribution in [0.1, 0.15) is 20.8 Å². The minimum absolute atomic E-state index is 0.0785. The zero-order chi connectivity index (χ0) is 21.4. The summed E-state index contributed by atoms with van der Waals surface area (Å²) in [5, 5.41) is 7.62. The van der Waals surface area contributed by atoms with Crippen LogP contribution in [-0.4, -0.2) is 33.8 Å². The minimum atomic E-state index is -3.40. The van der Waals surface area contributed by atoms with Gasteiger partial charge in [-0.05, 0) is 41.8 Å². The van der Waals surface area contributed by atoms with Gasteiger partial charge in [-0.3, -0.25) is 0 Å². The molecule has 3 aromatic heterocycles. The molecule has 4 aromatic rings. The van der Waals surface area contributed by atoms with Crippen LogP contribution in [-0.2, 0) is 9.84 Å². The minimum Gasteiger partial charge on any atom is -0.307 e. The lowest BCUT2D eigenvalue weighted by Crippen LogP contribution is -2.20. The second-order valence-electron chi connectivity index (χ2n) is 8.30. The largest absolute Gasteiger partial charge is 0.307 e. The molecule has 154 valence electrons. The van der Waals surface area contributed by atoms with Crippen molar-refractivity contribution in [1.82, 2.24) is 19.6 Å². The smallest absolute Gasteiger partial charge is 0.248 e. The number of fused-ring (bicyclic) bond motifs is 1. The van der Waals surface area contributed by atoms with E-state index in [1.54, 1.807) is 28.9 Å². The third-order valence-electron chi connectivity index (χ3n) is 4.38. The molecule has 4 rings (SSSR count). The maximum Gasteiger partial charge on any atom is 0.248 e. The average Bonchev–Trinajstić information content (AvgIpc) is 3.09. The van der Waals surface area contributed by atoms with Crippen molar-refractivity contribution in [2.24, 2.45) is 5.41 Å². The van der Waals surface area contributed by atoms with Gasteiger partial charge < -0.3 is 5.32 Å². The molecule has 30 heavy (non-hydrogen) atoms. The van der Waals surface area contributed by atoms with Crippen molar-refractivity contribution >= 4 is 27.3 Å². The van der Waals surface area contributed by atoms with Gasteiger partial charge in [0, 0.05) is 11.8 Å². The number of rotatable bonds is 5. The van der Waals surface area contributed by atoms with Crippen molar-refractivity contribution in [3.05, 3.63) is 66.9 Å². The molecule has 1 N–H and O–H groups in total. The number of sulfone groups is 1. The second kappa shape index (κ2) is 7.53. The van der Waals surface area contributed by atoms with Crippen LogP contribution in [0.2, 0.25) is 0 Å². The highest BCUT2D eigenvalue weighted by Gasteiger charge is 2.24. The molecule has 3 heterocycles. The first-order valence-corrected chi connectivity index (χ1v) is 11.2. The number of pyridine rings is 2. The molecule has 0 aliphatic heterocycles. The van der Waals surface area contributed by atoms with E-state index in [9.17, 15) is 8.42 Å². The first-order chi connectivity index (χ1) is 14.2. The van der Waals surface area contributed by atoms with E-state index < -0.39 is 9.84 Å². The third-order valence-corrected chi connectivity index (χ3v) is 6.59. The lowest BCUT2D eigenvalue weighted by Gasteiger charge is -2.18. The van der Waals surface area contributed by atoms with Gasteiger partial charge in [0.2, 0.25) is 5.95 Å². The highest BCUT2D eigenvalue weighted by atomic mass is 32.2. The zero-order valence-electron chi connectivity index (χ0n) is 17.1. The molecule has 8 heteroatoms. The first-order valence-electron chi connectivity index (χ1n) is 9.58. The number of hydrogen-bond acceptors (Lipinski definition) is 6. The molecule has 0 bridgehead atoms. The SMILES string of the molecule is CC(C)(C)CS(=O)(=O)c1cccc(-c2cccc3nc(Nc4ccccn4)nn23)c1. The highest BCUT2D eigenvalue weighted by Crippen LogP contribution is 2.27. The first kappa shape index (κ1) is 20.0. The van der Waals surface area contributed by atoms with E-state index in [1.165, 1.54) is 0 Å². The fraction of sp³-hybridized carbons (Fsp3) is 0.227.